The molecule has 3 atom stereocenters. The molecule has 0 fully saturated rings. The van der Waals surface area contributed by atoms with Gasteiger partial charge in [0.2, 0.25) is 27.7 Å². The first kappa shape index (κ1) is 36.7. The quantitative estimate of drug-likeness (QED) is 0.188. The van der Waals surface area contributed by atoms with Gasteiger partial charge in [0.25, 0.3) is 0 Å². The molecule has 44 heavy (non-hydrogen) atoms. The predicted octanol–water partition coefficient (Wildman–Crippen LogP) is 2.31. The number of sulfonamides is 1. The van der Waals surface area contributed by atoms with E-state index in [1.807, 2.05) is 44.2 Å². The highest BCUT2D eigenvalue weighted by Gasteiger charge is 2.36. The number of aliphatic hydroxyl groups is 1. The lowest BCUT2D eigenvalue weighted by Crippen LogP contribution is -2.59. The number of hydrogen-bond donors (Lipinski definition) is 5. The first-order valence-electron chi connectivity index (χ1n) is 14.9. The number of nitrogens with two attached hydrogens (primary N) is 1. The average molecular weight is 632 g/mol. The van der Waals surface area contributed by atoms with Crippen LogP contribution in [0.2, 0.25) is 0 Å². The van der Waals surface area contributed by atoms with Gasteiger partial charge in [0.05, 0.1) is 23.6 Å². The van der Waals surface area contributed by atoms with Crippen LogP contribution in [0.1, 0.15) is 54.0 Å². The van der Waals surface area contributed by atoms with Gasteiger partial charge >= 0.3 is 0 Å². The lowest BCUT2D eigenvalue weighted by atomic mass is 9.85. The van der Waals surface area contributed by atoms with E-state index in [-0.39, 0.29) is 48.7 Å². The van der Waals surface area contributed by atoms with Gasteiger partial charge in [-0.1, -0.05) is 78.8 Å². The van der Waals surface area contributed by atoms with E-state index < -0.39 is 45.4 Å². The molecule has 0 radical (unpaired) electrons. The van der Waals surface area contributed by atoms with E-state index in [2.05, 4.69) is 16.0 Å². The van der Waals surface area contributed by atoms with Crippen molar-refractivity contribution in [2.24, 2.45) is 17.3 Å². The Morgan fingerprint density at radius 3 is 2.00 bits per heavy atom. The largest absolute Gasteiger partial charge is 0.399 e. The fraction of sp³-hybridized carbons (Fsp3) is 0.531. The number of carbonyl (C=O) groups excluding carboxylic acids is 3. The van der Waals surface area contributed by atoms with Crippen molar-refractivity contribution in [2.75, 3.05) is 25.4 Å². The van der Waals surface area contributed by atoms with Gasteiger partial charge in [-0.15, -0.1) is 0 Å². The summed E-state index contributed by atoms with van der Waals surface area (Å²) in [5, 5.41) is 19.7. The Morgan fingerprint density at radius 2 is 1.48 bits per heavy atom. The van der Waals surface area contributed by atoms with Crippen molar-refractivity contribution in [1.82, 2.24) is 20.3 Å². The molecule has 6 N–H and O–H groups in total. The molecule has 0 unspecified atom stereocenters. The number of aliphatic hydroxyl groups excluding tert-OH is 1. The highest BCUT2D eigenvalue weighted by Crippen LogP contribution is 2.22. The summed E-state index contributed by atoms with van der Waals surface area (Å²) < 4.78 is 28.5. The standard InChI is InChI=1S/C32H49N5O6S/c1-21(2)19-37(44(42,43)25-15-13-24(33)14-16-25)20-27(38)26(17-23-11-9-8-10-12-23)35-31(41)29(32(5,6)7)36-28(39)18-34-30(40)22(3)4/h8-16,21-22,26-27,29,38H,17-20,33H2,1-7H3,(H,34,40)(H,35,41)(H,36,39)/t26-,27+,29+/m0/s1. The van der Waals surface area contributed by atoms with Crippen LogP contribution < -0.4 is 21.7 Å². The second kappa shape index (κ2) is 16.0. The molecule has 2 aromatic carbocycles. The van der Waals surface area contributed by atoms with E-state index in [9.17, 15) is 27.9 Å². The predicted molar refractivity (Wildman–Crippen MR) is 172 cm³/mol. The molecule has 0 heterocycles. The van der Waals surface area contributed by atoms with E-state index in [0.717, 1.165) is 5.56 Å². The van der Waals surface area contributed by atoms with Crippen LogP contribution >= 0.6 is 0 Å². The fourth-order valence-electron chi connectivity index (χ4n) is 4.48. The topological polar surface area (TPSA) is 171 Å². The number of anilines is 1. The summed E-state index contributed by atoms with van der Waals surface area (Å²) in [5.41, 5.74) is 6.28. The molecule has 0 aliphatic carbocycles. The van der Waals surface area contributed by atoms with E-state index in [0.29, 0.717) is 5.69 Å². The zero-order valence-corrected chi connectivity index (χ0v) is 27.6. The summed E-state index contributed by atoms with van der Waals surface area (Å²) in [7, 11) is -4.00. The third-order valence-corrected chi connectivity index (χ3v) is 8.79. The van der Waals surface area contributed by atoms with E-state index in [1.54, 1.807) is 34.6 Å². The molecule has 0 bridgehead atoms. The Kier molecular flexibility index (Phi) is 13.4. The van der Waals surface area contributed by atoms with E-state index in [4.69, 9.17) is 5.73 Å². The summed E-state index contributed by atoms with van der Waals surface area (Å²) in [6.07, 6.45) is -1.09. The minimum Gasteiger partial charge on any atom is -0.399 e. The maximum Gasteiger partial charge on any atom is 0.243 e. The number of nitrogens with one attached hydrogen (secondary N) is 3. The lowest BCUT2D eigenvalue weighted by molar-refractivity contribution is -0.133. The summed E-state index contributed by atoms with van der Waals surface area (Å²) in [6.45, 7) is 12.1. The molecule has 0 aliphatic rings. The third kappa shape index (κ3) is 11.2. The molecule has 0 aromatic heterocycles. The summed E-state index contributed by atoms with van der Waals surface area (Å²) in [5.74, 6) is -1.72. The van der Waals surface area contributed by atoms with Crippen molar-refractivity contribution in [3.63, 3.8) is 0 Å². The van der Waals surface area contributed by atoms with Gasteiger partial charge in [-0.2, -0.15) is 4.31 Å². The van der Waals surface area contributed by atoms with Gasteiger partial charge in [-0.05, 0) is 47.6 Å². The first-order chi connectivity index (χ1) is 20.4. The lowest BCUT2D eigenvalue weighted by Gasteiger charge is -2.34. The number of hydrogen-bond acceptors (Lipinski definition) is 7. The Labute approximate surface area is 262 Å². The average Bonchev–Trinajstić information content (AvgIpc) is 2.93. The monoisotopic (exact) mass is 631 g/mol. The molecular weight excluding hydrogens is 582 g/mol. The van der Waals surface area contributed by atoms with Gasteiger partial charge in [0.15, 0.2) is 0 Å². The molecule has 0 saturated carbocycles. The second-order valence-corrected chi connectivity index (χ2v) is 14.8. The normalized spacial score (nSPS) is 14.2. The fourth-order valence-corrected chi connectivity index (χ4v) is 6.10. The van der Waals surface area contributed by atoms with Crippen LogP contribution in [-0.2, 0) is 30.8 Å². The number of nitrogen functional groups attached to an aromatic ring is 1. The molecule has 0 spiro atoms. The molecule has 11 nitrogen and oxygen atoms in total. The maximum absolute atomic E-state index is 13.7. The Bertz CT molecular complexity index is 1340. The summed E-state index contributed by atoms with van der Waals surface area (Å²) >= 11 is 0. The molecule has 244 valence electrons. The molecule has 2 aromatic rings. The first-order valence-corrected chi connectivity index (χ1v) is 16.3. The van der Waals surface area contributed by atoms with E-state index >= 15 is 0 Å². The third-order valence-electron chi connectivity index (χ3n) is 6.95. The minimum absolute atomic E-state index is 0.0447. The van der Waals surface area contributed by atoms with Gasteiger partial charge in [0, 0.05) is 24.7 Å². The van der Waals surface area contributed by atoms with Gasteiger partial charge in [-0.3, -0.25) is 14.4 Å². The molecular formula is C32H49N5O6S. The molecule has 0 aliphatic heterocycles. The number of amides is 3. The van der Waals surface area contributed by atoms with Crippen molar-refractivity contribution in [2.45, 2.75) is 78.0 Å². The molecule has 12 heteroatoms. The maximum atomic E-state index is 13.7. The number of rotatable bonds is 15. The molecule has 3 amide bonds. The highest BCUT2D eigenvalue weighted by atomic mass is 32.2. The van der Waals surface area contributed by atoms with Gasteiger partial charge in [-0.25, -0.2) is 8.42 Å². The van der Waals surface area contributed by atoms with Crippen LogP contribution in [-0.4, -0.2) is 73.4 Å². The molecule has 0 saturated heterocycles. The smallest absolute Gasteiger partial charge is 0.243 e. The summed E-state index contributed by atoms with van der Waals surface area (Å²) in [4.78, 5) is 38.4. The van der Waals surface area contributed by atoms with Crippen LogP contribution in [0.15, 0.2) is 59.5 Å². The van der Waals surface area contributed by atoms with Gasteiger partial charge < -0.3 is 26.8 Å². The Balaban J connectivity index is 2.35. The minimum atomic E-state index is -4.00. The van der Waals surface area contributed by atoms with Crippen molar-refractivity contribution >= 4 is 33.4 Å². The van der Waals surface area contributed by atoms with Crippen molar-refractivity contribution in [3.8, 4) is 0 Å². The Hall–Kier alpha value is -3.48. The number of carbonyl (C=O) groups is 3. The van der Waals surface area contributed by atoms with Crippen LogP contribution in [0.3, 0.4) is 0 Å². The van der Waals surface area contributed by atoms with Gasteiger partial charge in [0.1, 0.15) is 6.04 Å². The van der Waals surface area contributed by atoms with Crippen molar-refractivity contribution in [1.29, 1.82) is 0 Å². The van der Waals surface area contributed by atoms with Crippen LogP contribution in [0.25, 0.3) is 0 Å². The van der Waals surface area contributed by atoms with Crippen molar-refractivity contribution in [3.05, 3.63) is 60.2 Å². The van der Waals surface area contributed by atoms with E-state index in [1.165, 1.54) is 28.6 Å². The second-order valence-electron chi connectivity index (χ2n) is 12.9. The SMILES string of the molecule is CC(C)CN(C[C@@H](O)[C@H](Cc1ccccc1)NC(=O)[C@@H](NC(=O)CNC(=O)C(C)C)C(C)(C)C)S(=O)(=O)c1ccc(N)cc1. The van der Waals surface area contributed by atoms with Crippen LogP contribution in [0.4, 0.5) is 5.69 Å². The van der Waals surface area contributed by atoms with Crippen molar-refractivity contribution < 1.29 is 27.9 Å². The number of benzene rings is 2. The zero-order chi connectivity index (χ0) is 33.2. The van der Waals surface area contributed by atoms with Crippen LogP contribution in [0.5, 0.6) is 0 Å². The molecule has 2 rings (SSSR count). The number of nitrogens with zero attached hydrogens (tertiary/aromatic N) is 1. The zero-order valence-electron chi connectivity index (χ0n) is 26.8. The van der Waals surface area contributed by atoms with Crippen LogP contribution in [0, 0.1) is 17.3 Å². The summed E-state index contributed by atoms with van der Waals surface area (Å²) in [6, 6.07) is 13.2. The highest BCUT2D eigenvalue weighted by molar-refractivity contribution is 7.89. The Morgan fingerprint density at radius 1 is 0.886 bits per heavy atom.